The summed E-state index contributed by atoms with van der Waals surface area (Å²) in [5.74, 6) is -0.512. The van der Waals surface area contributed by atoms with Gasteiger partial charge in [0.25, 0.3) is 0 Å². The Bertz CT molecular complexity index is 772. The van der Waals surface area contributed by atoms with Crippen molar-refractivity contribution in [3.8, 4) is 0 Å². The van der Waals surface area contributed by atoms with E-state index >= 15 is 0 Å². The maximum absolute atomic E-state index is 13.0. The second-order valence-corrected chi connectivity index (χ2v) is 7.73. The molecule has 2 aliphatic rings. The van der Waals surface area contributed by atoms with E-state index in [9.17, 15) is 18.0 Å². The van der Waals surface area contributed by atoms with Crippen LogP contribution in [0.25, 0.3) is 0 Å². The summed E-state index contributed by atoms with van der Waals surface area (Å²) in [4.78, 5) is 12.3. The smallest absolute Gasteiger partial charge is 0.335 e. The zero-order valence-electron chi connectivity index (χ0n) is 14.6. The molecule has 0 saturated carbocycles. The molecule has 4 nitrogen and oxygen atoms in total. The number of alkyl halides is 3. The second-order valence-electron chi connectivity index (χ2n) is 7.73. The number of benzene rings is 1. The van der Waals surface area contributed by atoms with E-state index < -0.39 is 17.8 Å². The third-order valence-corrected chi connectivity index (χ3v) is 4.67. The van der Waals surface area contributed by atoms with Crippen LogP contribution in [-0.2, 0) is 10.2 Å². The first kappa shape index (κ1) is 17.7. The van der Waals surface area contributed by atoms with Gasteiger partial charge in [-0.1, -0.05) is 50.1 Å². The molecule has 2 unspecified atom stereocenters. The van der Waals surface area contributed by atoms with E-state index in [0.717, 1.165) is 17.2 Å². The molecule has 2 atom stereocenters. The largest absolute Gasteiger partial charge is 0.438 e. The molecule has 2 aliphatic heterocycles. The number of quaternary nitrogens is 1. The van der Waals surface area contributed by atoms with E-state index in [1.807, 2.05) is 24.3 Å². The number of nitrogens with one attached hydrogen (secondary N) is 1. The van der Waals surface area contributed by atoms with Gasteiger partial charge in [0.15, 0.2) is 0 Å². The summed E-state index contributed by atoms with van der Waals surface area (Å²) >= 11 is 0. The number of halogens is 3. The number of carbonyl (C=O) groups excluding carboxylic acids is 1. The Morgan fingerprint density at radius 2 is 1.76 bits per heavy atom. The Morgan fingerprint density at radius 3 is 2.28 bits per heavy atom. The fraction of sp³-hybridized carbons (Fsp3) is 0.444. The van der Waals surface area contributed by atoms with Crippen molar-refractivity contribution in [2.75, 3.05) is 13.6 Å². The average Bonchev–Trinajstić information content (AvgIpc) is 2.85. The minimum atomic E-state index is -4.56. The van der Waals surface area contributed by atoms with Crippen LogP contribution in [0.1, 0.15) is 37.9 Å². The Hall–Kier alpha value is -2.15. The van der Waals surface area contributed by atoms with Gasteiger partial charge in [-0.2, -0.15) is 17.8 Å². The molecular weight excluding hydrogens is 331 g/mol. The van der Waals surface area contributed by atoms with Crippen molar-refractivity contribution in [3.05, 3.63) is 47.2 Å². The Kier molecular flexibility index (Phi) is 3.83. The highest BCUT2D eigenvalue weighted by atomic mass is 19.4. The number of fused-ring (bicyclic) bond motifs is 1. The normalized spacial score (nSPS) is 26.7. The van der Waals surface area contributed by atoms with E-state index in [1.165, 1.54) is 7.05 Å². The zero-order chi connectivity index (χ0) is 18.6. The lowest BCUT2D eigenvalue weighted by Gasteiger charge is -2.35. The SMILES string of the molecule is CC(C)(C)c1ccc(C2C[N+]3(C)N=C(C(F)(F)F)C=C3C(=O)N2)cc1. The van der Waals surface area contributed by atoms with Crippen molar-refractivity contribution in [3.63, 3.8) is 0 Å². The maximum atomic E-state index is 13.0. The van der Waals surface area contributed by atoms with E-state index in [0.29, 0.717) is 0 Å². The summed E-state index contributed by atoms with van der Waals surface area (Å²) in [6.07, 6.45) is -3.72. The third kappa shape index (κ3) is 3.20. The van der Waals surface area contributed by atoms with Gasteiger partial charge in [-0.15, -0.1) is 0 Å². The fourth-order valence-corrected chi connectivity index (χ4v) is 3.19. The lowest BCUT2D eigenvalue weighted by atomic mass is 9.86. The molecule has 0 aliphatic carbocycles. The predicted octanol–water partition coefficient (Wildman–Crippen LogP) is 3.42. The molecule has 2 heterocycles. The van der Waals surface area contributed by atoms with Crippen LogP contribution in [0.15, 0.2) is 41.1 Å². The van der Waals surface area contributed by atoms with Crippen LogP contribution in [0.5, 0.6) is 0 Å². The molecule has 134 valence electrons. The third-order valence-electron chi connectivity index (χ3n) is 4.67. The quantitative estimate of drug-likeness (QED) is 0.773. The number of carbonyl (C=O) groups is 1. The monoisotopic (exact) mass is 352 g/mol. The molecule has 0 bridgehead atoms. The van der Waals surface area contributed by atoms with Crippen LogP contribution in [-0.4, -0.2) is 36.0 Å². The zero-order valence-corrected chi connectivity index (χ0v) is 14.6. The molecule has 7 heteroatoms. The van der Waals surface area contributed by atoms with Crippen molar-refractivity contribution < 1.29 is 22.6 Å². The van der Waals surface area contributed by atoms with Crippen LogP contribution >= 0.6 is 0 Å². The van der Waals surface area contributed by atoms with Gasteiger partial charge in [0, 0.05) is 6.08 Å². The molecule has 3 rings (SSSR count). The number of allylic oxidation sites excluding steroid dienone is 1. The number of nitrogens with zero attached hydrogens (tertiary/aromatic N) is 2. The number of hydrogen-bond acceptors (Lipinski definition) is 2. The van der Waals surface area contributed by atoms with Crippen LogP contribution in [0.3, 0.4) is 0 Å². The first-order valence-electron chi connectivity index (χ1n) is 8.07. The number of hydrogen-bond donors (Lipinski definition) is 1. The van der Waals surface area contributed by atoms with Gasteiger partial charge >= 0.3 is 12.1 Å². The Balaban J connectivity index is 1.90. The molecular formula is C18H21F3N3O+. The molecule has 25 heavy (non-hydrogen) atoms. The second kappa shape index (κ2) is 5.42. The van der Waals surface area contributed by atoms with Gasteiger partial charge in [-0.05, 0) is 16.5 Å². The predicted molar refractivity (Wildman–Crippen MR) is 88.7 cm³/mol. The van der Waals surface area contributed by atoms with Crippen molar-refractivity contribution in [1.82, 2.24) is 5.32 Å². The van der Waals surface area contributed by atoms with Crippen LogP contribution in [0, 0.1) is 0 Å². The number of rotatable bonds is 1. The lowest BCUT2D eigenvalue weighted by Crippen LogP contribution is -2.54. The summed E-state index contributed by atoms with van der Waals surface area (Å²) in [6.45, 7) is 6.55. The summed E-state index contributed by atoms with van der Waals surface area (Å²) < 4.78 is 38.5. The summed E-state index contributed by atoms with van der Waals surface area (Å²) in [6, 6.07) is 7.41. The van der Waals surface area contributed by atoms with E-state index in [1.54, 1.807) is 0 Å². The van der Waals surface area contributed by atoms with Gasteiger partial charge in [-0.25, -0.2) is 0 Å². The minimum absolute atomic E-state index is 0.00362. The standard InChI is InChI=1S/C18H20F3N3O/c1-17(2,3)12-7-5-11(6-8-12)13-10-24(4)14(16(25)22-13)9-15(23-24)18(19,20)21/h5-9,13H,10H2,1-4H3/p+1. The highest BCUT2D eigenvalue weighted by Gasteiger charge is 2.51. The number of likely N-dealkylation sites (N-methyl/N-ethyl adjacent to an activating group) is 1. The lowest BCUT2D eigenvalue weighted by molar-refractivity contribution is -0.877. The summed E-state index contributed by atoms with van der Waals surface area (Å²) in [5.41, 5.74) is 1.02. The molecule has 0 aromatic heterocycles. The van der Waals surface area contributed by atoms with E-state index in [-0.39, 0.29) is 28.3 Å². The van der Waals surface area contributed by atoms with Gasteiger partial charge in [-0.3, -0.25) is 4.79 Å². The molecule has 0 radical (unpaired) electrons. The fourth-order valence-electron chi connectivity index (χ4n) is 3.19. The van der Waals surface area contributed by atoms with Crippen LogP contribution < -0.4 is 5.32 Å². The Morgan fingerprint density at radius 1 is 1.16 bits per heavy atom. The summed E-state index contributed by atoms with van der Waals surface area (Å²) in [5, 5.41) is 6.57. The van der Waals surface area contributed by atoms with Crippen LogP contribution in [0.4, 0.5) is 13.2 Å². The number of piperazine rings is 1. The molecule has 1 saturated heterocycles. The minimum Gasteiger partial charge on any atom is -0.335 e. The van der Waals surface area contributed by atoms with Gasteiger partial charge < -0.3 is 5.32 Å². The molecule has 1 N–H and O–H groups in total. The first-order valence-corrected chi connectivity index (χ1v) is 8.07. The van der Waals surface area contributed by atoms with Crippen molar-refractivity contribution in [2.24, 2.45) is 5.10 Å². The van der Waals surface area contributed by atoms with Crippen LogP contribution in [0.2, 0.25) is 0 Å². The molecule has 1 aromatic rings. The average molecular weight is 352 g/mol. The van der Waals surface area contributed by atoms with Crippen molar-refractivity contribution in [1.29, 1.82) is 0 Å². The molecule has 1 amide bonds. The molecule has 1 fully saturated rings. The van der Waals surface area contributed by atoms with Crippen molar-refractivity contribution >= 4 is 11.6 Å². The van der Waals surface area contributed by atoms with Crippen molar-refractivity contribution in [2.45, 2.75) is 38.4 Å². The highest BCUT2D eigenvalue weighted by molar-refractivity contribution is 6.07. The van der Waals surface area contributed by atoms with Gasteiger partial charge in [0.2, 0.25) is 11.4 Å². The molecule has 1 aromatic carbocycles. The van der Waals surface area contributed by atoms with Gasteiger partial charge in [0.1, 0.15) is 12.6 Å². The van der Waals surface area contributed by atoms with E-state index in [2.05, 4.69) is 31.2 Å². The number of amides is 1. The topological polar surface area (TPSA) is 41.5 Å². The first-order chi connectivity index (χ1) is 11.4. The van der Waals surface area contributed by atoms with E-state index in [4.69, 9.17) is 0 Å². The summed E-state index contributed by atoms with van der Waals surface area (Å²) in [7, 11) is 1.53. The highest BCUT2D eigenvalue weighted by Crippen LogP contribution is 2.35. The Labute approximate surface area is 144 Å². The molecule has 0 spiro atoms. The maximum Gasteiger partial charge on any atom is 0.438 e. The van der Waals surface area contributed by atoms with Gasteiger partial charge in [0.05, 0.1) is 7.05 Å².